The van der Waals surface area contributed by atoms with E-state index in [0.29, 0.717) is 12.8 Å². The van der Waals surface area contributed by atoms with Crippen molar-refractivity contribution in [3.8, 4) is 0 Å². The molecule has 1 N–H and O–H groups in total. The lowest BCUT2D eigenvalue weighted by atomic mass is 9.89. The van der Waals surface area contributed by atoms with Crippen molar-refractivity contribution in [2.24, 2.45) is 5.92 Å². The van der Waals surface area contributed by atoms with Crippen LogP contribution in [0.25, 0.3) is 0 Å². The van der Waals surface area contributed by atoms with Gasteiger partial charge in [0.05, 0.1) is 5.92 Å². The van der Waals surface area contributed by atoms with Gasteiger partial charge in [0.2, 0.25) is 0 Å². The number of aliphatic carboxylic acids is 1. The first-order valence-corrected chi connectivity index (χ1v) is 7.27. The van der Waals surface area contributed by atoms with Crippen molar-refractivity contribution < 1.29 is 14.3 Å². The molecular weight excluding hydrogens is 257 g/mol. The van der Waals surface area contributed by atoms with E-state index in [1.807, 2.05) is 12.1 Å². The summed E-state index contributed by atoms with van der Waals surface area (Å²) in [6.07, 6.45) is 2.32. The molecule has 0 saturated carbocycles. The van der Waals surface area contributed by atoms with E-state index in [-0.39, 0.29) is 23.8 Å². The van der Waals surface area contributed by atoms with E-state index < -0.39 is 5.97 Å². The van der Waals surface area contributed by atoms with E-state index in [0.717, 1.165) is 18.5 Å². The third-order valence-corrected chi connectivity index (χ3v) is 4.32. The van der Waals surface area contributed by atoms with Gasteiger partial charge in [0.1, 0.15) is 5.82 Å². The monoisotopic (exact) mass is 279 g/mol. The Bertz CT molecular complexity index is 460. The predicted molar refractivity (Wildman–Crippen MR) is 76.0 cm³/mol. The van der Waals surface area contributed by atoms with Gasteiger partial charge in [-0.05, 0) is 50.4 Å². The highest BCUT2D eigenvalue weighted by Gasteiger charge is 2.33. The minimum Gasteiger partial charge on any atom is -0.481 e. The number of hydrogen-bond donors (Lipinski definition) is 1. The van der Waals surface area contributed by atoms with Crippen LogP contribution in [0.15, 0.2) is 24.3 Å². The quantitative estimate of drug-likeness (QED) is 0.917. The zero-order chi connectivity index (χ0) is 14.7. The number of piperidine rings is 1. The maximum atomic E-state index is 13.0. The number of nitrogens with zero attached hydrogens (tertiary/aromatic N) is 1. The zero-order valence-corrected chi connectivity index (χ0v) is 12.1. The smallest absolute Gasteiger partial charge is 0.306 e. The Balaban J connectivity index is 2.12. The SMILES string of the molecule is CCC(c1ccc(F)cc1)N1CCC(C(=O)O)CC1C. The van der Waals surface area contributed by atoms with Gasteiger partial charge in [-0.1, -0.05) is 19.1 Å². The fraction of sp³-hybridized carbons (Fsp3) is 0.562. The first-order chi connectivity index (χ1) is 9.52. The molecule has 0 aliphatic carbocycles. The van der Waals surface area contributed by atoms with Gasteiger partial charge in [0, 0.05) is 12.1 Å². The van der Waals surface area contributed by atoms with Crippen molar-refractivity contribution in [2.45, 2.75) is 45.2 Å². The molecule has 1 aromatic carbocycles. The summed E-state index contributed by atoms with van der Waals surface area (Å²) in [6, 6.07) is 7.12. The number of rotatable bonds is 4. The Morgan fingerprint density at radius 1 is 1.45 bits per heavy atom. The van der Waals surface area contributed by atoms with Gasteiger partial charge in [-0.15, -0.1) is 0 Å². The van der Waals surface area contributed by atoms with Crippen LogP contribution in [0.4, 0.5) is 4.39 Å². The number of carboxylic acids is 1. The zero-order valence-electron chi connectivity index (χ0n) is 12.1. The molecule has 0 amide bonds. The molecule has 0 spiro atoms. The van der Waals surface area contributed by atoms with Crippen molar-refractivity contribution in [2.75, 3.05) is 6.54 Å². The lowest BCUT2D eigenvalue weighted by Crippen LogP contribution is -2.44. The largest absolute Gasteiger partial charge is 0.481 e. The van der Waals surface area contributed by atoms with Gasteiger partial charge in [-0.2, -0.15) is 0 Å². The van der Waals surface area contributed by atoms with Crippen LogP contribution in [0.5, 0.6) is 0 Å². The van der Waals surface area contributed by atoms with E-state index >= 15 is 0 Å². The summed E-state index contributed by atoms with van der Waals surface area (Å²) in [4.78, 5) is 13.4. The molecule has 3 nitrogen and oxygen atoms in total. The molecule has 110 valence electrons. The minimum absolute atomic E-state index is 0.221. The number of likely N-dealkylation sites (tertiary alicyclic amines) is 1. The highest BCUT2D eigenvalue weighted by atomic mass is 19.1. The molecule has 1 heterocycles. The highest BCUT2D eigenvalue weighted by molar-refractivity contribution is 5.70. The lowest BCUT2D eigenvalue weighted by molar-refractivity contribution is -0.144. The Morgan fingerprint density at radius 3 is 2.60 bits per heavy atom. The molecule has 1 aliphatic rings. The molecular formula is C16H22FNO2. The molecule has 3 unspecified atom stereocenters. The van der Waals surface area contributed by atoms with E-state index in [4.69, 9.17) is 5.11 Å². The van der Waals surface area contributed by atoms with E-state index in [1.54, 1.807) is 0 Å². The molecule has 1 saturated heterocycles. The fourth-order valence-electron chi connectivity index (χ4n) is 3.22. The summed E-state index contributed by atoms with van der Waals surface area (Å²) in [7, 11) is 0. The van der Waals surface area contributed by atoms with Gasteiger partial charge in [-0.3, -0.25) is 9.69 Å². The molecule has 20 heavy (non-hydrogen) atoms. The van der Waals surface area contributed by atoms with Gasteiger partial charge in [0.25, 0.3) is 0 Å². The first kappa shape index (κ1) is 15.0. The van der Waals surface area contributed by atoms with Crippen molar-refractivity contribution >= 4 is 5.97 Å². The molecule has 0 aromatic heterocycles. The van der Waals surface area contributed by atoms with Crippen LogP contribution in [-0.4, -0.2) is 28.6 Å². The average Bonchev–Trinajstić information content (AvgIpc) is 2.43. The Labute approximate surface area is 119 Å². The van der Waals surface area contributed by atoms with Crippen LogP contribution in [0, 0.1) is 11.7 Å². The maximum absolute atomic E-state index is 13.0. The number of benzene rings is 1. The maximum Gasteiger partial charge on any atom is 0.306 e. The van der Waals surface area contributed by atoms with Crippen molar-refractivity contribution in [3.05, 3.63) is 35.6 Å². The summed E-state index contributed by atoms with van der Waals surface area (Å²) in [5.41, 5.74) is 1.11. The Morgan fingerprint density at radius 2 is 2.10 bits per heavy atom. The standard InChI is InChI=1S/C16H22FNO2/c1-3-15(12-4-6-14(17)7-5-12)18-9-8-13(16(19)20)10-11(18)2/h4-7,11,13,15H,3,8-10H2,1-2H3,(H,19,20). The highest BCUT2D eigenvalue weighted by Crippen LogP contribution is 2.33. The van der Waals surface area contributed by atoms with Gasteiger partial charge < -0.3 is 5.11 Å². The minimum atomic E-state index is -0.689. The van der Waals surface area contributed by atoms with Crippen molar-refractivity contribution in [1.29, 1.82) is 0 Å². The second-order valence-electron chi connectivity index (χ2n) is 5.62. The summed E-state index contributed by atoms with van der Waals surface area (Å²) in [5, 5.41) is 9.13. The fourth-order valence-corrected chi connectivity index (χ4v) is 3.22. The van der Waals surface area contributed by atoms with E-state index in [2.05, 4.69) is 18.7 Å². The first-order valence-electron chi connectivity index (χ1n) is 7.27. The summed E-state index contributed by atoms with van der Waals surface area (Å²) < 4.78 is 13.0. The van der Waals surface area contributed by atoms with E-state index in [1.165, 1.54) is 12.1 Å². The van der Waals surface area contributed by atoms with E-state index in [9.17, 15) is 9.18 Å². The van der Waals surface area contributed by atoms with Gasteiger partial charge in [0.15, 0.2) is 0 Å². The Kier molecular flexibility index (Phi) is 4.76. The van der Waals surface area contributed by atoms with Crippen LogP contribution in [0.1, 0.15) is 44.7 Å². The number of carboxylic acid groups (broad SMARTS) is 1. The molecule has 0 bridgehead atoms. The number of carbonyl (C=O) groups is 1. The predicted octanol–water partition coefficient (Wildman–Crippen LogP) is 3.46. The lowest BCUT2D eigenvalue weighted by Gasteiger charge is -2.41. The van der Waals surface area contributed by atoms with Crippen LogP contribution in [0.2, 0.25) is 0 Å². The van der Waals surface area contributed by atoms with Gasteiger partial charge >= 0.3 is 5.97 Å². The summed E-state index contributed by atoms with van der Waals surface area (Å²) in [5.74, 6) is -1.14. The molecule has 4 heteroatoms. The van der Waals surface area contributed by atoms with Crippen LogP contribution < -0.4 is 0 Å². The van der Waals surface area contributed by atoms with Crippen LogP contribution in [-0.2, 0) is 4.79 Å². The normalized spacial score (nSPS) is 25.4. The number of halogens is 1. The molecule has 3 atom stereocenters. The molecule has 0 radical (unpaired) electrons. The second-order valence-corrected chi connectivity index (χ2v) is 5.62. The average molecular weight is 279 g/mol. The van der Waals surface area contributed by atoms with Crippen LogP contribution in [0.3, 0.4) is 0 Å². The summed E-state index contributed by atoms with van der Waals surface area (Å²) in [6.45, 7) is 4.99. The second kappa shape index (κ2) is 6.35. The number of hydrogen-bond acceptors (Lipinski definition) is 2. The van der Waals surface area contributed by atoms with Crippen molar-refractivity contribution in [3.63, 3.8) is 0 Å². The molecule has 1 fully saturated rings. The Hall–Kier alpha value is -1.42. The summed E-state index contributed by atoms with van der Waals surface area (Å²) >= 11 is 0. The molecule has 2 rings (SSSR count). The molecule has 1 aromatic rings. The third kappa shape index (κ3) is 3.18. The third-order valence-electron chi connectivity index (χ3n) is 4.32. The van der Waals surface area contributed by atoms with Crippen LogP contribution >= 0.6 is 0 Å². The topological polar surface area (TPSA) is 40.5 Å². The van der Waals surface area contributed by atoms with Gasteiger partial charge in [-0.25, -0.2) is 4.39 Å². The van der Waals surface area contributed by atoms with Crippen molar-refractivity contribution in [1.82, 2.24) is 4.90 Å². The molecule has 1 aliphatic heterocycles.